The Hall–Kier alpha value is -3.00. The highest BCUT2D eigenvalue weighted by Crippen LogP contribution is 2.25. The van der Waals surface area contributed by atoms with E-state index in [2.05, 4.69) is 15.1 Å². The van der Waals surface area contributed by atoms with Crippen molar-refractivity contribution in [1.29, 1.82) is 0 Å². The summed E-state index contributed by atoms with van der Waals surface area (Å²) in [6.07, 6.45) is 0. The molecule has 1 heterocycles. The number of hydrogen-bond donors (Lipinski definition) is 3. The van der Waals surface area contributed by atoms with E-state index in [1.165, 1.54) is 12.1 Å². The number of pyridine rings is 1. The van der Waals surface area contributed by atoms with Crippen molar-refractivity contribution < 1.29 is 19.0 Å². The first-order valence-corrected chi connectivity index (χ1v) is 8.75. The third kappa shape index (κ3) is 5.04. The molecular formula is C20H17ClFN3O3. The van der Waals surface area contributed by atoms with Crippen molar-refractivity contribution in [2.75, 3.05) is 11.9 Å². The molecule has 0 fully saturated rings. The highest BCUT2D eigenvalue weighted by molar-refractivity contribution is 6.15. The lowest BCUT2D eigenvalue weighted by atomic mass is 10.1. The third-order valence-corrected chi connectivity index (χ3v) is 4.09. The Kier molecular flexibility index (Phi) is 6.54. The number of aromatic nitrogens is 1. The summed E-state index contributed by atoms with van der Waals surface area (Å²) >= 11 is 5.41. The van der Waals surface area contributed by atoms with Crippen LogP contribution in [0.25, 0.3) is 11.3 Å². The Balaban J connectivity index is 1.71. The first-order valence-electron chi connectivity index (χ1n) is 8.38. The molecule has 0 aliphatic rings. The van der Waals surface area contributed by atoms with Gasteiger partial charge in [0.15, 0.2) is 0 Å². The first-order chi connectivity index (χ1) is 13.6. The number of aliphatic hydroxyl groups excluding tert-OH is 1. The van der Waals surface area contributed by atoms with Crippen LogP contribution in [0.1, 0.15) is 0 Å². The number of benzene rings is 2. The van der Waals surface area contributed by atoms with Gasteiger partial charge in [0.2, 0.25) is 5.91 Å². The molecule has 0 aliphatic heterocycles. The van der Waals surface area contributed by atoms with Gasteiger partial charge >= 0.3 is 0 Å². The lowest BCUT2D eigenvalue weighted by Crippen LogP contribution is -2.38. The largest absolute Gasteiger partial charge is 0.457 e. The molecule has 144 valence electrons. The van der Waals surface area contributed by atoms with Gasteiger partial charge in [-0.05, 0) is 72.4 Å². The number of ether oxygens (including phenoxy) is 1. The molecule has 2 aromatic carbocycles. The second-order valence-corrected chi connectivity index (χ2v) is 6.04. The van der Waals surface area contributed by atoms with Gasteiger partial charge in [-0.3, -0.25) is 4.79 Å². The van der Waals surface area contributed by atoms with Gasteiger partial charge in [0.05, 0.1) is 12.3 Å². The van der Waals surface area contributed by atoms with E-state index in [1.807, 2.05) is 12.1 Å². The number of carbonyl (C=O) groups excluding carboxylic acids is 1. The number of rotatable bonds is 7. The van der Waals surface area contributed by atoms with Crippen molar-refractivity contribution >= 4 is 23.5 Å². The summed E-state index contributed by atoms with van der Waals surface area (Å²) in [6.45, 7) is -0.440. The Labute approximate surface area is 166 Å². The van der Waals surface area contributed by atoms with Gasteiger partial charge in [0.25, 0.3) is 0 Å². The van der Waals surface area contributed by atoms with Crippen LogP contribution < -0.4 is 14.9 Å². The molecule has 0 aliphatic carbocycles. The van der Waals surface area contributed by atoms with Crippen LogP contribution in [0.2, 0.25) is 0 Å². The minimum absolute atomic E-state index is 0.326. The first kappa shape index (κ1) is 19.8. The summed E-state index contributed by atoms with van der Waals surface area (Å²) in [7, 11) is 0. The van der Waals surface area contributed by atoms with E-state index in [0.717, 1.165) is 5.56 Å². The van der Waals surface area contributed by atoms with Crippen LogP contribution in [0.15, 0.2) is 66.7 Å². The van der Waals surface area contributed by atoms with Crippen molar-refractivity contribution in [2.45, 2.75) is 6.04 Å². The van der Waals surface area contributed by atoms with Crippen molar-refractivity contribution in [2.24, 2.45) is 0 Å². The molecule has 0 saturated carbocycles. The standard InChI is InChI=1S/C20H17ClFN3O3/c21-25-18(12-26)20(27)24-19-3-1-2-17(23-19)13-4-8-15(9-5-13)28-16-10-6-14(22)7-11-16/h1-11,18,25-26H,12H2,(H,23,24,27)/t18-/m0/s1. The summed E-state index contributed by atoms with van der Waals surface area (Å²) in [5.74, 6) is 0.639. The minimum Gasteiger partial charge on any atom is -0.457 e. The number of hydrogen-bond acceptors (Lipinski definition) is 5. The quantitative estimate of drug-likeness (QED) is 0.525. The van der Waals surface area contributed by atoms with E-state index in [-0.39, 0.29) is 5.82 Å². The molecule has 1 atom stereocenters. The summed E-state index contributed by atoms with van der Waals surface area (Å²) in [5.41, 5.74) is 1.46. The predicted molar refractivity (Wildman–Crippen MR) is 105 cm³/mol. The molecule has 3 N–H and O–H groups in total. The van der Waals surface area contributed by atoms with E-state index in [0.29, 0.717) is 23.0 Å². The van der Waals surface area contributed by atoms with Gasteiger partial charge < -0.3 is 15.2 Å². The predicted octanol–water partition coefficient (Wildman–Crippen LogP) is 3.72. The molecule has 6 nitrogen and oxygen atoms in total. The number of aliphatic hydroxyl groups is 1. The minimum atomic E-state index is -0.935. The molecule has 0 bridgehead atoms. The molecule has 3 aromatic rings. The fourth-order valence-corrected chi connectivity index (χ4v) is 2.55. The van der Waals surface area contributed by atoms with E-state index >= 15 is 0 Å². The molecule has 3 rings (SSSR count). The molecule has 0 spiro atoms. The van der Waals surface area contributed by atoms with E-state index in [4.69, 9.17) is 21.6 Å². The van der Waals surface area contributed by atoms with Gasteiger partial charge in [0, 0.05) is 5.56 Å². The second-order valence-electron chi connectivity index (χ2n) is 5.82. The van der Waals surface area contributed by atoms with Crippen LogP contribution in [0, 0.1) is 5.82 Å². The normalized spacial score (nSPS) is 11.7. The van der Waals surface area contributed by atoms with E-state index < -0.39 is 18.6 Å². The fourth-order valence-electron chi connectivity index (χ4n) is 2.38. The molecule has 0 unspecified atom stereocenters. The maximum absolute atomic E-state index is 13.0. The molecule has 1 amide bonds. The maximum Gasteiger partial charge on any atom is 0.246 e. The Morgan fingerprint density at radius 2 is 1.71 bits per heavy atom. The van der Waals surface area contributed by atoms with Crippen LogP contribution in [0.5, 0.6) is 11.5 Å². The Bertz CT molecular complexity index is 932. The number of nitrogens with zero attached hydrogens (tertiary/aromatic N) is 1. The Morgan fingerprint density at radius 1 is 1.07 bits per heavy atom. The lowest BCUT2D eigenvalue weighted by Gasteiger charge is -2.12. The molecule has 1 aromatic heterocycles. The molecule has 8 heteroatoms. The maximum atomic E-state index is 13.0. The number of halogens is 2. The van der Waals surface area contributed by atoms with Crippen molar-refractivity contribution in [1.82, 2.24) is 9.82 Å². The number of amides is 1. The van der Waals surface area contributed by atoms with Crippen molar-refractivity contribution in [3.8, 4) is 22.8 Å². The fraction of sp³-hybridized carbons (Fsp3) is 0.100. The van der Waals surface area contributed by atoms with Crippen LogP contribution >= 0.6 is 11.8 Å². The topological polar surface area (TPSA) is 83.5 Å². The molecular weight excluding hydrogens is 385 g/mol. The van der Waals surface area contributed by atoms with Gasteiger partial charge in [-0.1, -0.05) is 6.07 Å². The monoisotopic (exact) mass is 401 g/mol. The molecule has 0 radical (unpaired) electrons. The SMILES string of the molecule is O=C(Nc1cccc(-c2ccc(Oc3ccc(F)cc3)cc2)n1)[C@H](CO)NCl. The van der Waals surface area contributed by atoms with E-state index in [9.17, 15) is 9.18 Å². The average molecular weight is 402 g/mol. The van der Waals surface area contributed by atoms with Crippen LogP contribution in [-0.2, 0) is 4.79 Å². The smallest absolute Gasteiger partial charge is 0.246 e. The second kappa shape index (κ2) is 9.27. The zero-order valence-corrected chi connectivity index (χ0v) is 15.4. The van der Waals surface area contributed by atoms with Gasteiger partial charge in [-0.2, -0.15) is 0 Å². The average Bonchev–Trinajstić information content (AvgIpc) is 2.71. The van der Waals surface area contributed by atoms with Gasteiger partial charge in [-0.15, -0.1) is 0 Å². The highest BCUT2D eigenvalue weighted by Gasteiger charge is 2.16. The van der Waals surface area contributed by atoms with Gasteiger partial charge in [-0.25, -0.2) is 14.2 Å². The van der Waals surface area contributed by atoms with Crippen molar-refractivity contribution in [3.63, 3.8) is 0 Å². The van der Waals surface area contributed by atoms with Crippen LogP contribution in [-0.4, -0.2) is 28.6 Å². The summed E-state index contributed by atoms with van der Waals surface area (Å²) in [5, 5.41) is 11.7. The zero-order chi connectivity index (χ0) is 19.9. The molecule has 0 saturated heterocycles. The van der Waals surface area contributed by atoms with Crippen LogP contribution in [0.4, 0.5) is 10.2 Å². The van der Waals surface area contributed by atoms with Crippen molar-refractivity contribution in [3.05, 3.63) is 72.5 Å². The summed E-state index contributed by atoms with van der Waals surface area (Å²) < 4.78 is 18.6. The summed E-state index contributed by atoms with van der Waals surface area (Å²) in [6, 6.07) is 17.2. The van der Waals surface area contributed by atoms with E-state index in [1.54, 1.807) is 42.5 Å². The van der Waals surface area contributed by atoms with Gasteiger partial charge in [0.1, 0.15) is 29.2 Å². The number of nitrogens with one attached hydrogen (secondary N) is 2. The third-order valence-electron chi connectivity index (χ3n) is 3.83. The number of anilines is 1. The highest BCUT2D eigenvalue weighted by atomic mass is 35.5. The number of carbonyl (C=O) groups is 1. The Morgan fingerprint density at radius 3 is 2.32 bits per heavy atom. The molecule has 28 heavy (non-hydrogen) atoms. The zero-order valence-electron chi connectivity index (χ0n) is 14.6. The van der Waals surface area contributed by atoms with Crippen LogP contribution in [0.3, 0.4) is 0 Å². The lowest BCUT2D eigenvalue weighted by molar-refractivity contribution is -0.118. The summed E-state index contributed by atoms with van der Waals surface area (Å²) in [4.78, 5) is 18.5.